The third kappa shape index (κ3) is 2.38. The Balaban J connectivity index is 1.97. The first-order valence-electron chi connectivity index (χ1n) is 6.13. The minimum absolute atomic E-state index is 0.104. The molecule has 1 aliphatic heterocycles. The van der Waals surface area contributed by atoms with Gasteiger partial charge in [-0.05, 0) is 39.7 Å². The number of carbonyl (C=O) groups excluding carboxylic acids is 1. The van der Waals surface area contributed by atoms with Crippen molar-refractivity contribution < 1.29 is 14.3 Å². The fourth-order valence-corrected chi connectivity index (χ4v) is 2.72. The van der Waals surface area contributed by atoms with Crippen molar-refractivity contribution in [1.82, 2.24) is 0 Å². The van der Waals surface area contributed by atoms with E-state index in [1.165, 1.54) is 5.56 Å². The second kappa shape index (κ2) is 4.94. The molecule has 19 heavy (non-hydrogen) atoms. The summed E-state index contributed by atoms with van der Waals surface area (Å²) in [5.41, 5.74) is 1.75. The molecule has 0 aromatic heterocycles. The van der Waals surface area contributed by atoms with Gasteiger partial charge in [0.1, 0.15) is 6.10 Å². The van der Waals surface area contributed by atoms with Gasteiger partial charge < -0.3 is 9.47 Å². The molecule has 0 N–H and O–H groups in total. The number of benzene rings is 2. The number of esters is 1. The van der Waals surface area contributed by atoms with Crippen LogP contribution in [0.2, 0.25) is 0 Å². The van der Waals surface area contributed by atoms with E-state index in [4.69, 9.17) is 9.47 Å². The van der Waals surface area contributed by atoms with E-state index in [2.05, 4.69) is 22.0 Å². The van der Waals surface area contributed by atoms with Crippen molar-refractivity contribution >= 4 is 32.7 Å². The number of halogens is 1. The summed E-state index contributed by atoms with van der Waals surface area (Å²) in [4.78, 5) is 12.1. The summed E-state index contributed by atoms with van der Waals surface area (Å²) >= 11 is 3.50. The predicted molar refractivity (Wildman–Crippen MR) is 76.4 cm³/mol. The summed E-state index contributed by atoms with van der Waals surface area (Å²) in [5.74, 6) is -0.303. The number of aryl methyl sites for hydroxylation is 1. The molecule has 0 amide bonds. The highest BCUT2D eigenvalue weighted by Crippen LogP contribution is 2.29. The zero-order chi connectivity index (χ0) is 13.4. The van der Waals surface area contributed by atoms with Gasteiger partial charge in [-0.2, -0.15) is 0 Å². The highest BCUT2D eigenvalue weighted by Gasteiger charge is 2.24. The average Bonchev–Trinajstić information content (AvgIpc) is 2.34. The molecule has 98 valence electrons. The molecule has 1 saturated heterocycles. The summed E-state index contributed by atoms with van der Waals surface area (Å²) in [7, 11) is 0. The molecule has 2 aromatic carbocycles. The molecule has 3 nitrogen and oxygen atoms in total. The molecule has 4 heteroatoms. The van der Waals surface area contributed by atoms with Crippen LogP contribution >= 0.6 is 15.9 Å². The van der Waals surface area contributed by atoms with Gasteiger partial charge >= 0.3 is 5.97 Å². The molecule has 0 aliphatic carbocycles. The zero-order valence-electron chi connectivity index (χ0n) is 10.5. The smallest absolute Gasteiger partial charge is 0.339 e. The van der Waals surface area contributed by atoms with Gasteiger partial charge in [-0.1, -0.05) is 29.8 Å². The topological polar surface area (TPSA) is 35.5 Å². The summed E-state index contributed by atoms with van der Waals surface area (Å²) < 4.78 is 11.1. The lowest BCUT2D eigenvalue weighted by Gasteiger charge is -2.25. The van der Waals surface area contributed by atoms with Crippen molar-refractivity contribution in [2.75, 3.05) is 13.2 Å². The lowest BCUT2D eigenvalue weighted by atomic mass is 10.0. The van der Waals surface area contributed by atoms with E-state index < -0.39 is 0 Å². The van der Waals surface area contributed by atoms with Gasteiger partial charge in [-0.25, -0.2) is 4.79 Å². The van der Waals surface area contributed by atoms with Crippen molar-refractivity contribution in [1.29, 1.82) is 0 Å². The average molecular weight is 321 g/mol. The summed E-state index contributed by atoms with van der Waals surface area (Å²) in [6, 6.07) is 9.88. The fraction of sp³-hybridized carbons (Fsp3) is 0.267. The van der Waals surface area contributed by atoms with Gasteiger partial charge in [-0.3, -0.25) is 0 Å². The van der Waals surface area contributed by atoms with Crippen LogP contribution in [0.3, 0.4) is 0 Å². The third-order valence-electron chi connectivity index (χ3n) is 3.21. The van der Waals surface area contributed by atoms with Crippen molar-refractivity contribution in [2.24, 2.45) is 0 Å². The number of ether oxygens (including phenoxy) is 2. The van der Waals surface area contributed by atoms with Gasteiger partial charge in [0, 0.05) is 4.47 Å². The van der Waals surface area contributed by atoms with E-state index in [0.29, 0.717) is 18.8 Å². The van der Waals surface area contributed by atoms with Gasteiger partial charge in [-0.15, -0.1) is 0 Å². The molecule has 0 radical (unpaired) electrons. The van der Waals surface area contributed by atoms with Crippen LogP contribution in [0.4, 0.5) is 0 Å². The second-order valence-corrected chi connectivity index (χ2v) is 5.51. The van der Waals surface area contributed by atoms with Crippen LogP contribution in [-0.2, 0) is 9.47 Å². The minimum Gasteiger partial charge on any atom is -0.454 e. The molecule has 1 fully saturated rings. The molecule has 0 unspecified atom stereocenters. The van der Waals surface area contributed by atoms with Gasteiger partial charge in [0.2, 0.25) is 0 Å². The fourth-order valence-electron chi connectivity index (χ4n) is 2.07. The quantitative estimate of drug-likeness (QED) is 0.795. The number of hydrogen-bond donors (Lipinski definition) is 0. The SMILES string of the molecule is Cc1ccc2c(Br)c(C(=O)OC3COC3)ccc2c1. The van der Waals surface area contributed by atoms with Crippen LogP contribution in [0.15, 0.2) is 34.8 Å². The van der Waals surface area contributed by atoms with Crippen LogP contribution in [0.1, 0.15) is 15.9 Å². The van der Waals surface area contributed by atoms with Crippen LogP contribution < -0.4 is 0 Å². The molecule has 0 saturated carbocycles. The largest absolute Gasteiger partial charge is 0.454 e. The minimum atomic E-state index is -0.303. The second-order valence-electron chi connectivity index (χ2n) is 4.72. The first-order chi connectivity index (χ1) is 9.15. The van der Waals surface area contributed by atoms with E-state index in [1.54, 1.807) is 6.07 Å². The van der Waals surface area contributed by atoms with Gasteiger partial charge in [0.25, 0.3) is 0 Å². The summed E-state index contributed by atoms with van der Waals surface area (Å²) in [6.07, 6.45) is -0.104. The van der Waals surface area contributed by atoms with E-state index in [0.717, 1.165) is 15.2 Å². The maximum Gasteiger partial charge on any atom is 0.339 e. The Morgan fingerprint density at radius 3 is 2.79 bits per heavy atom. The van der Waals surface area contributed by atoms with Crippen LogP contribution in [0.5, 0.6) is 0 Å². The third-order valence-corrected chi connectivity index (χ3v) is 4.07. The standard InChI is InChI=1S/C15H13BrO3/c1-9-2-4-12-10(6-9)3-5-13(14(12)16)15(17)19-11-7-18-8-11/h2-6,11H,7-8H2,1H3. The molecule has 0 spiro atoms. The van der Waals surface area contributed by atoms with E-state index in [-0.39, 0.29) is 12.1 Å². The molecular weight excluding hydrogens is 308 g/mol. The lowest BCUT2D eigenvalue weighted by molar-refractivity contribution is -0.103. The van der Waals surface area contributed by atoms with Crippen LogP contribution in [-0.4, -0.2) is 25.3 Å². The van der Waals surface area contributed by atoms with E-state index in [1.807, 2.05) is 25.1 Å². The Bertz CT molecular complexity index is 647. The van der Waals surface area contributed by atoms with Gasteiger partial charge in [0.05, 0.1) is 18.8 Å². The number of rotatable bonds is 2. The van der Waals surface area contributed by atoms with Crippen molar-refractivity contribution in [3.8, 4) is 0 Å². The van der Waals surface area contributed by atoms with Crippen LogP contribution in [0, 0.1) is 6.92 Å². The molecule has 1 aliphatic rings. The normalized spacial score (nSPS) is 15.3. The van der Waals surface area contributed by atoms with Crippen molar-refractivity contribution in [2.45, 2.75) is 13.0 Å². The molecular formula is C15H13BrO3. The first kappa shape index (κ1) is 12.6. The Morgan fingerprint density at radius 2 is 2.11 bits per heavy atom. The van der Waals surface area contributed by atoms with E-state index >= 15 is 0 Å². The number of carbonyl (C=O) groups is 1. The number of fused-ring (bicyclic) bond motifs is 1. The molecule has 0 bridgehead atoms. The monoisotopic (exact) mass is 320 g/mol. The molecule has 3 rings (SSSR count). The predicted octanol–water partition coefficient (Wildman–Crippen LogP) is 3.47. The Morgan fingerprint density at radius 1 is 1.32 bits per heavy atom. The molecule has 0 atom stereocenters. The highest BCUT2D eigenvalue weighted by molar-refractivity contribution is 9.10. The summed E-state index contributed by atoms with van der Waals surface area (Å²) in [5, 5.41) is 2.13. The van der Waals surface area contributed by atoms with Crippen molar-refractivity contribution in [3.63, 3.8) is 0 Å². The molecule has 2 aromatic rings. The van der Waals surface area contributed by atoms with E-state index in [9.17, 15) is 4.79 Å². The Hall–Kier alpha value is -1.39. The van der Waals surface area contributed by atoms with Crippen molar-refractivity contribution in [3.05, 3.63) is 45.9 Å². The maximum atomic E-state index is 12.1. The van der Waals surface area contributed by atoms with Gasteiger partial charge in [0.15, 0.2) is 0 Å². The number of hydrogen-bond acceptors (Lipinski definition) is 3. The Labute approximate surface area is 119 Å². The first-order valence-corrected chi connectivity index (χ1v) is 6.92. The maximum absolute atomic E-state index is 12.1. The summed E-state index contributed by atoms with van der Waals surface area (Å²) in [6.45, 7) is 3.04. The Kier molecular flexibility index (Phi) is 3.29. The zero-order valence-corrected chi connectivity index (χ0v) is 12.1. The lowest BCUT2D eigenvalue weighted by Crippen LogP contribution is -2.37. The van der Waals surface area contributed by atoms with Crippen LogP contribution in [0.25, 0.3) is 10.8 Å². The highest BCUT2D eigenvalue weighted by atomic mass is 79.9. The molecule has 1 heterocycles.